The van der Waals surface area contributed by atoms with Gasteiger partial charge in [0.25, 0.3) is 0 Å². The number of ketones is 1. The lowest BCUT2D eigenvalue weighted by Gasteiger charge is -2.49. The number of hydrogen-bond acceptors (Lipinski definition) is 16. The minimum Gasteiger partial charge on any atom is -0.466 e. The Hall–Kier alpha value is -2.28. The van der Waals surface area contributed by atoms with Crippen LogP contribution in [-0.4, -0.2) is 132 Å². The molecule has 1 spiro atoms. The molecule has 350 valence electrons. The van der Waals surface area contributed by atoms with E-state index in [4.69, 9.17) is 52.1 Å². The van der Waals surface area contributed by atoms with Crippen LogP contribution in [0.2, 0.25) is 0 Å². The fraction of sp³-hybridized carbons (Fsp3) is 0.909. The molecule has 0 saturated carbocycles. The molecule has 0 atom stereocenters. The second-order valence-electron chi connectivity index (χ2n) is 17.6. The molecule has 4 fully saturated rings. The molecule has 4 aliphatic heterocycles. The highest BCUT2D eigenvalue weighted by Gasteiger charge is 2.48. The highest BCUT2D eigenvalue weighted by atomic mass is 16.8. The minimum absolute atomic E-state index is 0. The van der Waals surface area contributed by atoms with Crippen molar-refractivity contribution in [1.82, 2.24) is 0 Å². The zero-order chi connectivity index (χ0) is 45.0. The highest BCUT2D eigenvalue weighted by Crippen LogP contribution is 2.39. The maximum Gasteiger partial charge on any atom is 1.00 e. The minimum atomic E-state index is -0.817. The summed E-state index contributed by atoms with van der Waals surface area (Å²) in [5.74, 6) is -2.31. The Morgan fingerprint density at radius 1 is 0.517 bits per heavy atom. The van der Waals surface area contributed by atoms with Crippen LogP contribution >= 0.6 is 0 Å². The van der Waals surface area contributed by atoms with E-state index in [2.05, 4.69) is 32.4 Å². The van der Waals surface area contributed by atoms with E-state index in [1.165, 1.54) is 6.92 Å². The quantitative estimate of drug-likeness (QED) is 0.107. The molecule has 0 aromatic carbocycles. The van der Waals surface area contributed by atoms with Gasteiger partial charge in [-0.25, -0.2) is 0 Å². The van der Waals surface area contributed by atoms with Crippen molar-refractivity contribution in [2.45, 2.75) is 170 Å². The summed E-state index contributed by atoms with van der Waals surface area (Å²) in [6, 6.07) is 0. The molecule has 4 saturated heterocycles. The van der Waals surface area contributed by atoms with Gasteiger partial charge in [-0.15, -0.1) is 0 Å². The average Bonchev–Trinajstić information content (AvgIpc) is 3.17. The Labute approximate surface area is 360 Å². The van der Waals surface area contributed by atoms with Crippen LogP contribution in [0, 0.1) is 17.3 Å². The normalized spacial score (nSPS) is 31.6. The molecule has 0 amide bonds. The van der Waals surface area contributed by atoms with Crippen molar-refractivity contribution in [3.05, 3.63) is 0 Å². The molecule has 0 aromatic heterocycles. The first-order chi connectivity index (χ1) is 28.1. The van der Waals surface area contributed by atoms with E-state index in [1.807, 2.05) is 27.7 Å². The van der Waals surface area contributed by atoms with Crippen LogP contribution < -0.4 is 0 Å². The Bertz CT molecular complexity index is 1190. The van der Waals surface area contributed by atoms with E-state index in [1.54, 1.807) is 20.8 Å². The number of carbonyl (C=O) groups excluding carboxylic acids is 4. The number of rotatable bonds is 18. The van der Waals surface area contributed by atoms with Gasteiger partial charge in [-0.05, 0) is 67.2 Å². The van der Waals surface area contributed by atoms with Crippen LogP contribution in [0.15, 0.2) is 0 Å². The summed E-state index contributed by atoms with van der Waals surface area (Å²) in [6.45, 7) is 28.1. The van der Waals surface area contributed by atoms with Gasteiger partial charge in [0.2, 0.25) is 0 Å². The van der Waals surface area contributed by atoms with Crippen molar-refractivity contribution in [3.63, 3.8) is 0 Å². The fourth-order valence-corrected chi connectivity index (χ4v) is 6.89. The molecule has 4 heterocycles. The third kappa shape index (κ3) is 20.7. The van der Waals surface area contributed by atoms with Gasteiger partial charge < -0.3 is 61.6 Å². The maximum absolute atomic E-state index is 11.5. The fourth-order valence-electron chi connectivity index (χ4n) is 6.89. The molecule has 0 aliphatic carbocycles. The number of ether oxygens (including phenoxy) is 12. The Morgan fingerprint density at radius 3 is 1.12 bits per heavy atom. The van der Waals surface area contributed by atoms with Crippen molar-refractivity contribution in [2.75, 3.05) is 72.7 Å². The van der Waals surface area contributed by atoms with Gasteiger partial charge in [-0.1, -0.05) is 27.7 Å². The predicted octanol–water partition coefficient (Wildman–Crippen LogP) is 6.58. The third-order valence-corrected chi connectivity index (χ3v) is 10.1. The summed E-state index contributed by atoms with van der Waals surface area (Å²) in [5, 5.41) is 0. The first-order valence-corrected chi connectivity index (χ1v) is 21.8. The molecule has 0 N–H and O–H groups in total. The van der Waals surface area contributed by atoms with E-state index in [0.29, 0.717) is 104 Å². The summed E-state index contributed by atoms with van der Waals surface area (Å²) < 4.78 is 67.8. The van der Waals surface area contributed by atoms with Crippen LogP contribution in [0.1, 0.15) is 136 Å². The van der Waals surface area contributed by atoms with Gasteiger partial charge in [0, 0.05) is 32.1 Å². The highest BCUT2D eigenvalue weighted by molar-refractivity contribution is 5.80. The van der Waals surface area contributed by atoms with Crippen LogP contribution in [-0.2, 0) is 76.0 Å². The van der Waals surface area contributed by atoms with Gasteiger partial charge in [0.1, 0.15) is 18.0 Å². The number of hydrogen-bond donors (Lipinski definition) is 0. The summed E-state index contributed by atoms with van der Waals surface area (Å²) in [7, 11) is 0. The first kappa shape index (κ1) is 53.9. The molecule has 0 radical (unpaired) electrons. The Kier molecular flexibility index (Phi) is 23.1. The van der Waals surface area contributed by atoms with E-state index >= 15 is 0 Å². The number of esters is 3. The molecule has 0 unspecified atom stereocenters. The lowest BCUT2D eigenvalue weighted by Crippen LogP contribution is -2.57. The number of Topliss-reactive ketones (excluding diaryl/α,β-unsaturated/α-hetero) is 1. The molecule has 60 heavy (non-hydrogen) atoms. The molecule has 0 bridgehead atoms. The summed E-state index contributed by atoms with van der Waals surface area (Å²) >= 11 is 0. The van der Waals surface area contributed by atoms with Crippen molar-refractivity contribution >= 4 is 23.7 Å². The van der Waals surface area contributed by atoms with E-state index in [-0.39, 0.29) is 62.0 Å². The SMILES string of the molecule is CC(C)CC1(C)OCC(OC2COC(C)(CC(C)C)OC2)CO1.CCOC(=O)CCC(C)=O.CCOC(=O)CCC1(C)OCC2(CO1)COC(C)(CCC(=O)OCC)OC2.[H+]. The first-order valence-electron chi connectivity index (χ1n) is 21.8. The third-order valence-electron chi connectivity index (χ3n) is 10.1. The molecule has 4 rings (SSSR count). The lowest BCUT2D eigenvalue weighted by atomic mass is 9.89. The second-order valence-corrected chi connectivity index (χ2v) is 17.6. The topological polar surface area (TPSA) is 179 Å². The zero-order valence-corrected chi connectivity index (χ0v) is 38.8. The zero-order valence-electron chi connectivity index (χ0n) is 39.8. The molecule has 16 nitrogen and oxygen atoms in total. The monoisotopic (exact) mass is 864 g/mol. The Morgan fingerprint density at radius 2 is 0.833 bits per heavy atom. The van der Waals surface area contributed by atoms with Gasteiger partial charge in [-0.3, -0.25) is 14.4 Å². The number of carbonyl (C=O) groups is 4. The van der Waals surface area contributed by atoms with Gasteiger partial charge in [0.05, 0.1) is 97.4 Å². The molecular weight excluding hydrogens is 784 g/mol. The predicted molar refractivity (Wildman–Crippen MR) is 221 cm³/mol. The van der Waals surface area contributed by atoms with E-state index in [9.17, 15) is 19.2 Å². The van der Waals surface area contributed by atoms with Crippen LogP contribution in [0.5, 0.6) is 0 Å². The van der Waals surface area contributed by atoms with Crippen molar-refractivity contribution in [2.24, 2.45) is 17.3 Å². The largest absolute Gasteiger partial charge is 1.00 e. The van der Waals surface area contributed by atoms with Crippen molar-refractivity contribution < 1.29 is 77.4 Å². The van der Waals surface area contributed by atoms with Crippen LogP contribution in [0.4, 0.5) is 0 Å². The van der Waals surface area contributed by atoms with Crippen LogP contribution in [0.25, 0.3) is 0 Å². The summed E-state index contributed by atoms with van der Waals surface area (Å²) in [6.07, 6.45) is 3.53. The summed E-state index contributed by atoms with van der Waals surface area (Å²) in [4.78, 5) is 44.0. The molecule has 16 heteroatoms. The Balaban J connectivity index is 0.000000498. The second kappa shape index (κ2) is 25.7. The molecule has 4 aliphatic rings. The van der Waals surface area contributed by atoms with E-state index in [0.717, 1.165) is 12.8 Å². The van der Waals surface area contributed by atoms with Gasteiger partial charge in [0.15, 0.2) is 23.1 Å². The van der Waals surface area contributed by atoms with Crippen molar-refractivity contribution in [1.29, 1.82) is 0 Å². The molecular formula is C44H79O16+. The average molecular weight is 864 g/mol. The lowest BCUT2D eigenvalue weighted by molar-refractivity contribution is -0.361. The smallest absolute Gasteiger partial charge is 0.466 e. The van der Waals surface area contributed by atoms with Gasteiger partial charge >= 0.3 is 19.3 Å². The van der Waals surface area contributed by atoms with E-state index < -0.39 is 23.1 Å². The maximum atomic E-state index is 11.5. The van der Waals surface area contributed by atoms with Crippen molar-refractivity contribution in [3.8, 4) is 0 Å². The van der Waals surface area contributed by atoms with Crippen LogP contribution in [0.3, 0.4) is 0 Å². The van der Waals surface area contributed by atoms with Gasteiger partial charge in [-0.2, -0.15) is 0 Å². The summed E-state index contributed by atoms with van der Waals surface area (Å²) in [5.41, 5.74) is -0.382. The molecule has 0 aromatic rings. The standard InChI is InChI=1S/C19H32O8.C18H34O5.C7H12O3/c1-5-22-15(20)7-9-17(3)24-11-19(12-25-17)13-26-18(4,27-14-19)10-8-16(21)23-6-2;1-13(2)7-17(5)19-9-15(10-20-17)23-16-11-21-18(6,22-12-16)8-14(3)4;1-3-10-7(9)5-4-6(2)8/h5-14H2,1-4H3;13-16H,7-12H2,1-6H3;3-5H2,1-2H3/p+1.